The zero-order valence-electron chi connectivity index (χ0n) is 48.7. The van der Waals surface area contributed by atoms with E-state index in [9.17, 15) is 0 Å². The molecule has 396 valence electrons. The topological polar surface area (TPSA) is 71.7 Å². The van der Waals surface area contributed by atoms with Crippen LogP contribution in [0.2, 0.25) is 0 Å². The highest BCUT2D eigenvalue weighted by molar-refractivity contribution is 6.11. The molecule has 1 aliphatic heterocycles. The molecule has 0 unspecified atom stereocenters. The fourth-order valence-electron chi connectivity index (χ4n) is 10.5. The summed E-state index contributed by atoms with van der Waals surface area (Å²) in [6.07, 6.45) is 1.85. The molecule has 3 aromatic heterocycles. The zero-order chi connectivity index (χ0) is 56.0. The molecule has 0 amide bonds. The van der Waals surface area contributed by atoms with Crippen LogP contribution in [-0.2, 0) is 27.1 Å². The van der Waals surface area contributed by atoms with Crippen molar-refractivity contribution in [1.82, 2.24) is 33.7 Å². The van der Waals surface area contributed by atoms with E-state index in [4.69, 9.17) is 24.7 Å². The SMILES string of the molecule is CC(C)(C)c1ccc(-c2cccc(-c3ccc(C(C)(C)C)cc3)c2[N+]2=C=[N+](c3cccc(Oc4cc5c(cc4-c4nc(C(C)(C)C)nc(C(C)(C)C)n4)c4cc(C(C)(C)C)ccc4n5-c4ccccn4)c3)c3ccccc32)cc1. The number of rotatable bonds is 8. The Hall–Kier alpha value is -8.32. The third-order valence-corrected chi connectivity index (χ3v) is 15.1. The number of aromatic nitrogens is 5. The smallest absolute Gasteiger partial charge is 0.456 e. The number of fused-ring (bicyclic) bond motifs is 4. The molecule has 8 heteroatoms. The third-order valence-electron chi connectivity index (χ3n) is 15.1. The molecule has 8 nitrogen and oxygen atoms in total. The van der Waals surface area contributed by atoms with Crippen molar-refractivity contribution in [2.24, 2.45) is 0 Å². The Kier molecular flexibility index (Phi) is 12.8. The molecular weight excluding hydrogens is 967 g/mol. The van der Waals surface area contributed by atoms with Crippen molar-refractivity contribution in [3.05, 3.63) is 198 Å². The molecule has 0 fully saturated rings. The fraction of sp³-hybridized carbons (Fsp3) is 0.282. The molecule has 0 saturated carbocycles. The van der Waals surface area contributed by atoms with Crippen LogP contribution in [0.15, 0.2) is 170 Å². The molecule has 0 spiro atoms. The van der Waals surface area contributed by atoms with Crippen LogP contribution < -0.4 is 13.9 Å². The average Bonchev–Trinajstić information content (AvgIpc) is 4.12. The van der Waals surface area contributed by atoms with Gasteiger partial charge in [-0.15, -0.1) is 0 Å². The van der Waals surface area contributed by atoms with Gasteiger partial charge in [-0.05, 0) is 102 Å². The quantitative estimate of drug-likeness (QED) is 0.142. The van der Waals surface area contributed by atoms with Crippen LogP contribution in [-0.4, -0.2) is 30.5 Å². The summed E-state index contributed by atoms with van der Waals surface area (Å²) >= 11 is 0. The summed E-state index contributed by atoms with van der Waals surface area (Å²) in [6, 6.07) is 62.8. The van der Waals surface area contributed by atoms with Crippen LogP contribution in [0.3, 0.4) is 0 Å². The van der Waals surface area contributed by atoms with Crippen LogP contribution in [0.1, 0.15) is 132 Å². The number of para-hydroxylation sites is 3. The molecule has 0 N–H and O–H groups in total. The minimum absolute atomic E-state index is 0.0228. The Morgan fingerprint density at radius 1 is 0.430 bits per heavy atom. The van der Waals surface area contributed by atoms with Crippen LogP contribution in [0, 0.1) is 0 Å². The molecule has 79 heavy (non-hydrogen) atoms. The van der Waals surface area contributed by atoms with Gasteiger partial charge in [0.15, 0.2) is 5.82 Å². The Labute approximate surface area is 466 Å². The van der Waals surface area contributed by atoms with E-state index in [-0.39, 0.29) is 27.1 Å². The second-order valence-electron chi connectivity index (χ2n) is 26.4. The number of nitrogens with zero attached hydrogens (tertiary/aromatic N) is 7. The zero-order valence-corrected chi connectivity index (χ0v) is 48.7. The van der Waals surface area contributed by atoms with Crippen molar-refractivity contribution < 1.29 is 4.74 Å². The van der Waals surface area contributed by atoms with Crippen molar-refractivity contribution in [2.45, 2.75) is 131 Å². The van der Waals surface area contributed by atoms with E-state index in [1.807, 2.05) is 24.4 Å². The predicted molar refractivity (Wildman–Crippen MR) is 329 cm³/mol. The van der Waals surface area contributed by atoms with Crippen molar-refractivity contribution in [3.63, 3.8) is 0 Å². The van der Waals surface area contributed by atoms with Gasteiger partial charge in [0.25, 0.3) is 11.4 Å². The number of hydrogen-bond donors (Lipinski definition) is 0. The van der Waals surface area contributed by atoms with E-state index >= 15 is 0 Å². The second kappa shape index (κ2) is 19.2. The van der Waals surface area contributed by atoms with E-state index in [1.54, 1.807) is 0 Å². The standard InChI is InChI=1S/C71H73N7O/c1-67(2,3)47-33-29-45(30-34-47)52-24-21-25-53(46-31-35-48(36-32-46)68(4,5)6)63(52)77-44-76(58-26-16-17-27-59(58)77)50-22-20-23-51(41-50)79-61-43-60-55(42-56(61)64-73-65(70(10,11)12)75-66(74-64)71(13,14)15)54-40-49(69(7,8)9)37-38-57(54)78(60)62-28-18-19-39-72-62/h16-43H,1-15H3/q+2. The molecule has 0 saturated heterocycles. The Bertz CT molecular complexity index is 3960. The van der Waals surface area contributed by atoms with Gasteiger partial charge < -0.3 is 4.74 Å². The van der Waals surface area contributed by atoms with Crippen LogP contribution >= 0.6 is 0 Å². The van der Waals surface area contributed by atoms with Gasteiger partial charge in [0.05, 0.1) is 33.8 Å². The average molecular weight is 1040 g/mol. The van der Waals surface area contributed by atoms with Crippen LogP contribution in [0.25, 0.3) is 61.3 Å². The van der Waals surface area contributed by atoms with E-state index in [0.29, 0.717) is 17.3 Å². The molecule has 1 aliphatic rings. The molecule has 0 atom stereocenters. The highest BCUT2D eigenvalue weighted by Crippen LogP contribution is 2.47. The highest BCUT2D eigenvalue weighted by atomic mass is 16.5. The van der Waals surface area contributed by atoms with Gasteiger partial charge in [-0.2, -0.15) is 0 Å². The summed E-state index contributed by atoms with van der Waals surface area (Å²) in [4.78, 5) is 20.6. The number of ether oxygens (including phenoxy) is 1. The van der Waals surface area contributed by atoms with Gasteiger partial charge in [-0.3, -0.25) is 4.57 Å². The third kappa shape index (κ3) is 10.1. The number of benzene rings is 7. The second-order valence-corrected chi connectivity index (χ2v) is 26.4. The summed E-state index contributed by atoms with van der Waals surface area (Å²) in [7, 11) is 0. The summed E-state index contributed by atoms with van der Waals surface area (Å²) in [5.41, 5.74) is 14.3. The van der Waals surface area contributed by atoms with Crippen molar-refractivity contribution in [1.29, 1.82) is 0 Å². The molecule has 7 aromatic carbocycles. The minimum Gasteiger partial charge on any atom is -0.456 e. The largest absolute Gasteiger partial charge is 0.503 e. The van der Waals surface area contributed by atoms with Gasteiger partial charge in [-0.1, -0.05) is 189 Å². The monoisotopic (exact) mass is 1040 g/mol. The normalized spacial score (nSPS) is 13.2. The maximum atomic E-state index is 7.31. The first-order valence-corrected chi connectivity index (χ1v) is 27.7. The molecular formula is C71H73N7O+2. The lowest BCUT2D eigenvalue weighted by atomic mass is 9.85. The molecule has 0 radical (unpaired) electrons. The Morgan fingerprint density at radius 2 is 0.962 bits per heavy atom. The number of hydrogen-bond acceptors (Lipinski definition) is 5. The molecule has 11 rings (SSSR count). The van der Waals surface area contributed by atoms with Crippen molar-refractivity contribution >= 4 is 50.6 Å². The fourth-order valence-corrected chi connectivity index (χ4v) is 10.5. The maximum Gasteiger partial charge on any atom is 0.503 e. The molecule has 0 aliphatic carbocycles. The van der Waals surface area contributed by atoms with Gasteiger partial charge in [0.2, 0.25) is 11.4 Å². The summed E-state index contributed by atoms with van der Waals surface area (Å²) in [5.74, 6) is 4.07. The minimum atomic E-state index is -0.351. The summed E-state index contributed by atoms with van der Waals surface area (Å²) in [6.45, 7) is 33.3. The molecule has 10 aromatic rings. The van der Waals surface area contributed by atoms with Crippen LogP contribution in [0.5, 0.6) is 11.5 Å². The van der Waals surface area contributed by atoms with Crippen molar-refractivity contribution in [2.75, 3.05) is 0 Å². The van der Waals surface area contributed by atoms with Crippen molar-refractivity contribution in [3.8, 4) is 51.0 Å². The lowest BCUT2D eigenvalue weighted by Crippen LogP contribution is -2.24. The first kappa shape index (κ1) is 52.7. The highest BCUT2D eigenvalue weighted by Gasteiger charge is 2.40. The molecule has 4 heterocycles. The lowest BCUT2D eigenvalue weighted by molar-refractivity contribution is 0.481. The van der Waals surface area contributed by atoms with Gasteiger partial charge in [0, 0.05) is 52.1 Å². The van der Waals surface area contributed by atoms with Gasteiger partial charge >= 0.3 is 6.01 Å². The molecule has 0 bridgehead atoms. The Balaban J connectivity index is 1.13. The van der Waals surface area contributed by atoms with E-state index in [0.717, 1.165) is 89.8 Å². The first-order chi connectivity index (χ1) is 37.3. The van der Waals surface area contributed by atoms with Crippen LogP contribution in [0.4, 0.5) is 22.7 Å². The van der Waals surface area contributed by atoms with Gasteiger partial charge in [0.1, 0.15) is 29.0 Å². The lowest BCUT2D eigenvalue weighted by Gasteiger charge is -2.23. The van der Waals surface area contributed by atoms with Gasteiger partial charge in [-0.25, -0.2) is 19.9 Å². The predicted octanol–water partition coefficient (Wildman–Crippen LogP) is 18.5. The first-order valence-electron chi connectivity index (χ1n) is 27.7. The summed E-state index contributed by atoms with van der Waals surface area (Å²) < 4.78 is 13.9. The van der Waals surface area contributed by atoms with E-state index < -0.39 is 0 Å². The Morgan fingerprint density at radius 3 is 1.51 bits per heavy atom. The number of pyridine rings is 1. The van der Waals surface area contributed by atoms with E-state index in [2.05, 4.69) is 269 Å². The maximum absolute atomic E-state index is 7.31. The van der Waals surface area contributed by atoms with E-state index in [1.165, 1.54) is 16.7 Å². The summed E-state index contributed by atoms with van der Waals surface area (Å²) in [5, 5.41) is 2.16.